The van der Waals surface area contributed by atoms with Gasteiger partial charge in [0.2, 0.25) is 0 Å². The summed E-state index contributed by atoms with van der Waals surface area (Å²) >= 11 is 0. The second-order valence-corrected chi connectivity index (χ2v) is 3.90. The number of ether oxygens (including phenoxy) is 1. The highest BCUT2D eigenvalue weighted by Crippen LogP contribution is 2.20. The van der Waals surface area contributed by atoms with Crippen LogP contribution in [0.5, 0.6) is 0 Å². The molecule has 0 aliphatic heterocycles. The van der Waals surface area contributed by atoms with Crippen molar-refractivity contribution in [3.05, 3.63) is 12.2 Å². The Labute approximate surface area is 87.3 Å². The molecule has 0 aromatic rings. The Bertz CT molecular complexity index is 208. The minimum atomic E-state index is -0.593. The molecule has 0 bridgehead atoms. The van der Waals surface area contributed by atoms with Gasteiger partial charge in [0.05, 0.1) is 0 Å². The lowest BCUT2D eigenvalue weighted by Gasteiger charge is -2.26. The van der Waals surface area contributed by atoms with Gasteiger partial charge in [-0.05, 0) is 33.6 Å². The number of rotatable bonds is 7. The number of hydrogen-bond acceptors (Lipinski definition) is 2. The summed E-state index contributed by atoms with van der Waals surface area (Å²) < 4.78 is 5.49. The van der Waals surface area contributed by atoms with E-state index in [-0.39, 0.29) is 5.78 Å². The normalized spacial score (nSPS) is 14.9. The Balaban J connectivity index is 4.23. The molecule has 0 aliphatic carbocycles. The van der Waals surface area contributed by atoms with Crippen LogP contribution in [-0.4, -0.2) is 18.0 Å². The molecule has 0 heterocycles. The Hall–Kier alpha value is -0.630. The number of allylic oxidation sites excluding steroid dienone is 1. The van der Waals surface area contributed by atoms with Gasteiger partial charge < -0.3 is 4.74 Å². The molecule has 14 heavy (non-hydrogen) atoms. The lowest BCUT2D eigenvalue weighted by atomic mass is 9.93. The lowest BCUT2D eigenvalue weighted by molar-refractivity contribution is -0.142. The molecule has 0 saturated heterocycles. The van der Waals surface area contributed by atoms with Crippen LogP contribution in [0, 0.1) is 0 Å². The largest absolute Gasteiger partial charge is 0.368 e. The van der Waals surface area contributed by atoms with Crippen LogP contribution >= 0.6 is 0 Å². The Morgan fingerprint density at radius 3 is 2.29 bits per heavy atom. The van der Waals surface area contributed by atoms with Gasteiger partial charge >= 0.3 is 0 Å². The van der Waals surface area contributed by atoms with Gasteiger partial charge in [-0.2, -0.15) is 0 Å². The first kappa shape index (κ1) is 13.4. The van der Waals surface area contributed by atoms with E-state index in [1.54, 1.807) is 0 Å². The molecule has 2 heteroatoms. The zero-order valence-corrected chi connectivity index (χ0v) is 9.85. The smallest absolute Gasteiger partial charge is 0.164 e. The number of carbonyl (C=O) groups is 1. The second kappa shape index (κ2) is 5.97. The van der Waals surface area contributed by atoms with Gasteiger partial charge in [-0.1, -0.05) is 12.5 Å². The van der Waals surface area contributed by atoms with Crippen LogP contribution in [0.1, 0.15) is 47.0 Å². The maximum Gasteiger partial charge on any atom is 0.164 e. The Morgan fingerprint density at radius 1 is 1.36 bits per heavy atom. The molecule has 0 rings (SSSR count). The molecule has 0 aromatic carbocycles. The van der Waals surface area contributed by atoms with Crippen molar-refractivity contribution in [3.8, 4) is 0 Å². The number of carbonyl (C=O) groups excluding carboxylic acids is 1. The summed E-state index contributed by atoms with van der Waals surface area (Å²) in [5, 5.41) is 0. The lowest BCUT2D eigenvalue weighted by Crippen LogP contribution is -2.37. The van der Waals surface area contributed by atoms with Crippen LogP contribution in [0.4, 0.5) is 0 Å². The van der Waals surface area contributed by atoms with Gasteiger partial charge in [-0.15, -0.1) is 6.58 Å². The molecule has 1 atom stereocenters. The van der Waals surface area contributed by atoms with E-state index in [2.05, 4.69) is 6.58 Å². The first-order valence-corrected chi connectivity index (χ1v) is 5.28. The highest BCUT2D eigenvalue weighted by Gasteiger charge is 2.30. The third-order valence-corrected chi connectivity index (χ3v) is 2.51. The molecular formula is C12H22O2. The third-order valence-electron chi connectivity index (χ3n) is 2.51. The molecule has 1 unspecified atom stereocenters. The van der Waals surface area contributed by atoms with Gasteiger partial charge in [0.1, 0.15) is 5.60 Å². The van der Waals surface area contributed by atoms with Crippen molar-refractivity contribution in [1.82, 2.24) is 0 Å². The third kappa shape index (κ3) is 4.05. The topological polar surface area (TPSA) is 26.3 Å². The van der Waals surface area contributed by atoms with Crippen LogP contribution in [0.3, 0.4) is 0 Å². The van der Waals surface area contributed by atoms with E-state index in [0.29, 0.717) is 13.0 Å². The summed E-state index contributed by atoms with van der Waals surface area (Å²) in [4.78, 5) is 11.8. The van der Waals surface area contributed by atoms with Crippen molar-refractivity contribution < 1.29 is 9.53 Å². The van der Waals surface area contributed by atoms with E-state index >= 15 is 0 Å². The molecule has 0 saturated carbocycles. The van der Waals surface area contributed by atoms with Crippen LogP contribution in [-0.2, 0) is 9.53 Å². The quantitative estimate of drug-likeness (QED) is 0.587. The molecule has 82 valence electrons. The summed E-state index contributed by atoms with van der Waals surface area (Å²) in [5.41, 5.74) is 0.456. The molecule has 0 spiro atoms. The molecule has 0 aromatic heterocycles. The van der Waals surface area contributed by atoms with Gasteiger partial charge in [-0.25, -0.2) is 0 Å². The maximum atomic E-state index is 11.8. The fraction of sp³-hybridized carbons (Fsp3) is 0.750. The Morgan fingerprint density at radius 2 is 1.93 bits per heavy atom. The monoisotopic (exact) mass is 198 g/mol. The zero-order chi connectivity index (χ0) is 11.2. The van der Waals surface area contributed by atoms with Crippen LogP contribution in [0.2, 0.25) is 0 Å². The second-order valence-electron chi connectivity index (χ2n) is 3.90. The summed E-state index contributed by atoms with van der Waals surface area (Å²) in [6.07, 6.45) is 2.04. The minimum Gasteiger partial charge on any atom is -0.368 e. The van der Waals surface area contributed by atoms with E-state index < -0.39 is 5.60 Å². The van der Waals surface area contributed by atoms with Gasteiger partial charge in [0.15, 0.2) is 5.78 Å². The van der Waals surface area contributed by atoms with E-state index in [9.17, 15) is 4.79 Å². The minimum absolute atomic E-state index is 0.185. The fourth-order valence-electron chi connectivity index (χ4n) is 1.29. The van der Waals surface area contributed by atoms with Crippen molar-refractivity contribution in [1.29, 1.82) is 0 Å². The van der Waals surface area contributed by atoms with Crippen LogP contribution < -0.4 is 0 Å². The average molecular weight is 198 g/mol. The molecule has 2 nitrogen and oxygen atoms in total. The first-order chi connectivity index (χ1) is 6.46. The van der Waals surface area contributed by atoms with Gasteiger partial charge in [0, 0.05) is 13.0 Å². The molecule has 0 fully saturated rings. The fourth-order valence-corrected chi connectivity index (χ4v) is 1.29. The first-order valence-electron chi connectivity index (χ1n) is 5.28. The molecule has 0 N–H and O–H groups in total. The highest BCUT2D eigenvalue weighted by molar-refractivity contribution is 5.87. The number of Topliss-reactive ketones (excluding diaryl/α,β-unsaturated/α-hetero) is 1. The SMILES string of the molecule is C=C(C)CCC(=O)C(C)(CC)OCC. The van der Waals surface area contributed by atoms with Crippen molar-refractivity contribution >= 4 is 5.78 Å². The van der Waals surface area contributed by atoms with Crippen molar-refractivity contribution in [2.75, 3.05) is 6.61 Å². The summed E-state index contributed by atoms with van der Waals surface area (Å²) in [6, 6.07) is 0. The Kier molecular flexibility index (Phi) is 5.70. The van der Waals surface area contributed by atoms with Crippen molar-refractivity contribution in [2.45, 2.75) is 52.6 Å². The number of ketones is 1. The molecule has 0 radical (unpaired) electrons. The highest BCUT2D eigenvalue weighted by atomic mass is 16.5. The van der Waals surface area contributed by atoms with Crippen LogP contribution in [0.25, 0.3) is 0 Å². The molecule has 0 amide bonds. The standard InChI is InChI=1S/C12H22O2/c1-6-12(5,14-7-2)11(13)9-8-10(3)4/h3,6-9H2,1-2,4-5H3. The van der Waals surface area contributed by atoms with Gasteiger partial charge in [0.25, 0.3) is 0 Å². The van der Waals surface area contributed by atoms with Gasteiger partial charge in [-0.3, -0.25) is 4.79 Å². The predicted octanol–water partition coefficient (Wildman–Crippen LogP) is 3.12. The average Bonchev–Trinajstić information content (AvgIpc) is 2.14. The van der Waals surface area contributed by atoms with Crippen LogP contribution in [0.15, 0.2) is 12.2 Å². The van der Waals surface area contributed by atoms with E-state index in [1.807, 2.05) is 27.7 Å². The van der Waals surface area contributed by atoms with E-state index in [1.165, 1.54) is 0 Å². The summed E-state index contributed by atoms with van der Waals surface area (Å²) in [6.45, 7) is 12.1. The van der Waals surface area contributed by atoms with Crippen molar-refractivity contribution in [2.24, 2.45) is 0 Å². The zero-order valence-electron chi connectivity index (χ0n) is 9.85. The predicted molar refractivity (Wildman–Crippen MR) is 59.4 cm³/mol. The molecule has 0 aliphatic rings. The molecular weight excluding hydrogens is 176 g/mol. The van der Waals surface area contributed by atoms with E-state index in [0.717, 1.165) is 18.4 Å². The number of hydrogen-bond donors (Lipinski definition) is 0. The maximum absolute atomic E-state index is 11.8. The summed E-state index contributed by atoms with van der Waals surface area (Å²) in [7, 11) is 0. The summed E-state index contributed by atoms with van der Waals surface area (Å²) in [5.74, 6) is 0.185. The van der Waals surface area contributed by atoms with Crippen molar-refractivity contribution in [3.63, 3.8) is 0 Å². The van der Waals surface area contributed by atoms with E-state index in [4.69, 9.17) is 4.74 Å².